The first-order chi connectivity index (χ1) is 9.27. The molecular formula is C17H10O2. The zero-order valence-corrected chi connectivity index (χ0v) is 10.1. The maximum absolute atomic E-state index is 12.6. The molecule has 2 nitrogen and oxygen atoms in total. The molecule has 2 aliphatic carbocycles. The Morgan fingerprint density at radius 3 is 2.32 bits per heavy atom. The van der Waals surface area contributed by atoms with Gasteiger partial charge in [-0.2, -0.15) is 0 Å². The van der Waals surface area contributed by atoms with E-state index in [1.807, 2.05) is 48.5 Å². The van der Waals surface area contributed by atoms with Crippen LogP contribution in [0.4, 0.5) is 0 Å². The number of benzene rings is 2. The molecule has 2 aromatic carbocycles. The van der Waals surface area contributed by atoms with Crippen LogP contribution in [0.1, 0.15) is 37.8 Å². The smallest absolute Gasteiger partial charge is 0.190 e. The number of hydrogen-bond donors (Lipinski definition) is 0. The summed E-state index contributed by atoms with van der Waals surface area (Å²) >= 11 is 0. The Balaban J connectivity index is 2.02. The van der Waals surface area contributed by atoms with Crippen LogP contribution >= 0.6 is 0 Å². The van der Waals surface area contributed by atoms with Crippen molar-refractivity contribution < 1.29 is 9.59 Å². The van der Waals surface area contributed by atoms with Gasteiger partial charge in [-0.3, -0.25) is 9.59 Å². The standard InChI is InChI=1S/C17H10O2/c18-16-13-8-4-3-7-12(13)15-14(16)9-10-5-1-2-6-11(10)17(15)19/h1-9,15H. The molecule has 0 heterocycles. The molecule has 2 heteroatoms. The first kappa shape index (κ1) is 10.4. The maximum Gasteiger partial charge on any atom is 0.190 e. The molecule has 2 aliphatic rings. The Bertz CT molecular complexity index is 768. The number of hydrogen-bond acceptors (Lipinski definition) is 2. The molecular weight excluding hydrogens is 236 g/mol. The minimum Gasteiger partial charge on any atom is -0.293 e. The van der Waals surface area contributed by atoms with E-state index in [0.717, 1.165) is 11.1 Å². The van der Waals surface area contributed by atoms with E-state index in [9.17, 15) is 9.59 Å². The second-order valence-electron chi connectivity index (χ2n) is 4.90. The van der Waals surface area contributed by atoms with Crippen molar-refractivity contribution in [2.45, 2.75) is 5.92 Å². The van der Waals surface area contributed by atoms with Crippen LogP contribution in [-0.4, -0.2) is 11.6 Å². The molecule has 0 aromatic heterocycles. The molecule has 0 aliphatic heterocycles. The van der Waals surface area contributed by atoms with Crippen molar-refractivity contribution in [3.05, 3.63) is 76.4 Å². The van der Waals surface area contributed by atoms with Crippen molar-refractivity contribution in [2.75, 3.05) is 0 Å². The summed E-state index contributed by atoms with van der Waals surface area (Å²) in [6.45, 7) is 0. The molecule has 19 heavy (non-hydrogen) atoms. The van der Waals surface area contributed by atoms with E-state index in [2.05, 4.69) is 0 Å². The lowest BCUT2D eigenvalue weighted by atomic mass is 9.82. The van der Waals surface area contributed by atoms with Crippen molar-refractivity contribution in [3.63, 3.8) is 0 Å². The Kier molecular flexibility index (Phi) is 1.93. The molecule has 0 N–H and O–H groups in total. The van der Waals surface area contributed by atoms with E-state index in [-0.39, 0.29) is 11.6 Å². The highest BCUT2D eigenvalue weighted by Gasteiger charge is 2.41. The van der Waals surface area contributed by atoms with Gasteiger partial charge in [0.1, 0.15) is 0 Å². The highest BCUT2D eigenvalue weighted by Crippen LogP contribution is 2.43. The number of Topliss-reactive ketones (excluding diaryl/α,β-unsaturated/α-hetero) is 2. The van der Waals surface area contributed by atoms with Gasteiger partial charge in [-0.1, -0.05) is 48.5 Å². The lowest BCUT2D eigenvalue weighted by Gasteiger charge is -2.18. The number of rotatable bonds is 0. The third-order valence-electron chi connectivity index (χ3n) is 3.89. The van der Waals surface area contributed by atoms with Crippen LogP contribution in [0.25, 0.3) is 6.08 Å². The van der Waals surface area contributed by atoms with Crippen LogP contribution in [0.3, 0.4) is 0 Å². The van der Waals surface area contributed by atoms with E-state index in [4.69, 9.17) is 0 Å². The summed E-state index contributed by atoms with van der Waals surface area (Å²) in [6, 6.07) is 14.9. The summed E-state index contributed by atoms with van der Waals surface area (Å²) < 4.78 is 0. The summed E-state index contributed by atoms with van der Waals surface area (Å²) in [6.07, 6.45) is 1.86. The monoisotopic (exact) mass is 246 g/mol. The quantitative estimate of drug-likeness (QED) is 0.715. The molecule has 1 unspecified atom stereocenters. The van der Waals surface area contributed by atoms with Crippen molar-refractivity contribution in [2.24, 2.45) is 0 Å². The predicted molar refractivity (Wildman–Crippen MR) is 72.3 cm³/mol. The highest BCUT2D eigenvalue weighted by atomic mass is 16.1. The molecule has 0 fully saturated rings. The van der Waals surface area contributed by atoms with Gasteiger partial charge in [0.05, 0.1) is 5.92 Å². The van der Waals surface area contributed by atoms with Gasteiger partial charge in [-0.05, 0) is 17.2 Å². The summed E-state index contributed by atoms with van der Waals surface area (Å²) in [5.41, 5.74) is 3.68. The maximum atomic E-state index is 12.6. The average molecular weight is 246 g/mol. The SMILES string of the molecule is O=C1C2=Cc3ccccc3C(=O)C2c2ccccc21. The summed E-state index contributed by atoms with van der Waals surface area (Å²) in [5.74, 6) is -0.381. The van der Waals surface area contributed by atoms with Crippen LogP contribution in [0.15, 0.2) is 54.1 Å². The third-order valence-corrected chi connectivity index (χ3v) is 3.89. The van der Waals surface area contributed by atoms with E-state index < -0.39 is 5.92 Å². The van der Waals surface area contributed by atoms with Gasteiger partial charge in [-0.15, -0.1) is 0 Å². The fraction of sp³-hybridized carbons (Fsp3) is 0.0588. The minimum atomic E-state index is -0.404. The Morgan fingerprint density at radius 1 is 0.789 bits per heavy atom. The molecule has 4 rings (SSSR count). The van der Waals surface area contributed by atoms with E-state index in [1.54, 1.807) is 6.07 Å². The molecule has 2 aromatic rings. The number of carbonyl (C=O) groups excluding carboxylic acids is 2. The molecule has 0 saturated heterocycles. The predicted octanol–water partition coefficient (Wildman–Crippen LogP) is 3.25. The number of allylic oxidation sites excluding steroid dienone is 1. The fourth-order valence-electron chi connectivity index (χ4n) is 3.01. The van der Waals surface area contributed by atoms with Crippen LogP contribution in [0, 0.1) is 0 Å². The highest BCUT2D eigenvalue weighted by molar-refractivity contribution is 6.26. The zero-order chi connectivity index (χ0) is 13.0. The van der Waals surface area contributed by atoms with Crippen molar-refractivity contribution in [1.82, 2.24) is 0 Å². The lowest BCUT2D eigenvalue weighted by molar-refractivity contribution is 0.0952. The summed E-state index contributed by atoms with van der Waals surface area (Å²) in [4.78, 5) is 25.0. The number of carbonyl (C=O) groups is 2. The van der Waals surface area contributed by atoms with Crippen LogP contribution < -0.4 is 0 Å². The van der Waals surface area contributed by atoms with Crippen LogP contribution in [0.5, 0.6) is 0 Å². The topological polar surface area (TPSA) is 34.1 Å². The molecule has 0 amide bonds. The Hall–Kier alpha value is -2.48. The molecule has 0 radical (unpaired) electrons. The van der Waals surface area contributed by atoms with Crippen LogP contribution in [0.2, 0.25) is 0 Å². The van der Waals surface area contributed by atoms with Crippen molar-refractivity contribution in [3.8, 4) is 0 Å². The second-order valence-corrected chi connectivity index (χ2v) is 4.90. The summed E-state index contributed by atoms with van der Waals surface area (Å²) in [5, 5.41) is 0. The first-order valence-electron chi connectivity index (χ1n) is 6.26. The summed E-state index contributed by atoms with van der Waals surface area (Å²) in [7, 11) is 0. The van der Waals surface area contributed by atoms with E-state index >= 15 is 0 Å². The van der Waals surface area contributed by atoms with Gasteiger partial charge in [0.25, 0.3) is 0 Å². The van der Waals surface area contributed by atoms with Crippen molar-refractivity contribution >= 4 is 17.6 Å². The largest absolute Gasteiger partial charge is 0.293 e. The second kappa shape index (κ2) is 3.51. The third kappa shape index (κ3) is 1.26. The van der Waals surface area contributed by atoms with E-state index in [1.165, 1.54) is 0 Å². The minimum absolute atomic E-state index is 0.0107. The Morgan fingerprint density at radius 2 is 1.47 bits per heavy atom. The normalized spacial score (nSPS) is 19.6. The Labute approximate surface area is 110 Å². The van der Waals surface area contributed by atoms with Gasteiger partial charge < -0.3 is 0 Å². The zero-order valence-electron chi connectivity index (χ0n) is 10.1. The van der Waals surface area contributed by atoms with Gasteiger partial charge in [-0.25, -0.2) is 0 Å². The molecule has 1 atom stereocenters. The molecule has 0 spiro atoms. The molecule has 0 bridgehead atoms. The fourth-order valence-corrected chi connectivity index (χ4v) is 3.01. The number of ketones is 2. The molecule has 0 saturated carbocycles. The lowest BCUT2D eigenvalue weighted by Crippen LogP contribution is -2.18. The van der Waals surface area contributed by atoms with Crippen LogP contribution in [-0.2, 0) is 0 Å². The molecule has 90 valence electrons. The average Bonchev–Trinajstić information content (AvgIpc) is 2.74. The first-order valence-corrected chi connectivity index (χ1v) is 6.26. The van der Waals surface area contributed by atoms with Gasteiger partial charge in [0.15, 0.2) is 11.6 Å². The van der Waals surface area contributed by atoms with Gasteiger partial charge in [0.2, 0.25) is 0 Å². The van der Waals surface area contributed by atoms with Gasteiger partial charge in [0, 0.05) is 16.7 Å². The van der Waals surface area contributed by atoms with Crippen molar-refractivity contribution in [1.29, 1.82) is 0 Å². The van der Waals surface area contributed by atoms with Gasteiger partial charge >= 0.3 is 0 Å². The van der Waals surface area contributed by atoms with E-state index in [0.29, 0.717) is 16.7 Å². The number of fused-ring (bicyclic) bond motifs is 4.